The van der Waals surface area contributed by atoms with E-state index in [9.17, 15) is 4.79 Å². The average molecular weight is 304 g/mol. The van der Waals surface area contributed by atoms with E-state index in [1.165, 1.54) is 6.92 Å². The number of carbonyl (C=O) groups is 1. The molecule has 1 aromatic rings. The second-order valence-electron chi connectivity index (χ2n) is 4.76. The van der Waals surface area contributed by atoms with Crippen LogP contribution in [-0.4, -0.2) is 29.1 Å². The largest absolute Gasteiger partial charge is 0.326 e. The number of amides is 1. The van der Waals surface area contributed by atoms with Crippen LogP contribution in [0.2, 0.25) is 0 Å². The summed E-state index contributed by atoms with van der Waals surface area (Å²) in [5.74, 6) is 0.736. The highest BCUT2D eigenvalue weighted by Crippen LogP contribution is 2.16. The molecule has 0 aliphatic carbocycles. The van der Waals surface area contributed by atoms with Gasteiger partial charge < -0.3 is 5.32 Å². The van der Waals surface area contributed by atoms with E-state index in [0.29, 0.717) is 0 Å². The van der Waals surface area contributed by atoms with Crippen molar-refractivity contribution < 1.29 is 4.79 Å². The number of hydrazone groups is 1. The number of benzene rings is 1. The molecule has 1 heterocycles. The van der Waals surface area contributed by atoms with E-state index in [1.54, 1.807) is 11.8 Å². The third-order valence-corrected chi connectivity index (χ3v) is 3.85. The van der Waals surface area contributed by atoms with Gasteiger partial charge in [0.05, 0.1) is 5.71 Å². The Labute approximate surface area is 129 Å². The first-order valence-corrected chi connectivity index (χ1v) is 8.05. The van der Waals surface area contributed by atoms with Crippen molar-refractivity contribution >= 4 is 34.2 Å². The maximum atomic E-state index is 11.0. The third kappa shape index (κ3) is 4.90. The van der Waals surface area contributed by atoms with E-state index in [2.05, 4.69) is 27.8 Å². The van der Waals surface area contributed by atoms with Crippen LogP contribution in [0, 0.1) is 0 Å². The summed E-state index contributed by atoms with van der Waals surface area (Å²) in [6, 6.07) is 7.70. The van der Waals surface area contributed by atoms with Crippen LogP contribution < -0.4 is 10.7 Å². The van der Waals surface area contributed by atoms with Crippen LogP contribution in [-0.2, 0) is 4.79 Å². The minimum atomic E-state index is -0.0667. The molecule has 0 aromatic heterocycles. The molecule has 2 rings (SSSR count). The molecule has 1 amide bonds. The molecule has 21 heavy (non-hydrogen) atoms. The van der Waals surface area contributed by atoms with Gasteiger partial charge in [-0.05, 0) is 24.1 Å². The highest BCUT2D eigenvalue weighted by Gasteiger charge is 2.12. The summed E-state index contributed by atoms with van der Waals surface area (Å²) in [6.07, 6.45) is 2.25. The van der Waals surface area contributed by atoms with Crippen molar-refractivity contribution in [3.05, 3.63) is 29.8 Å². The van der Waals surface area contributed by atoms with E-state index >= 15 is 0 Å². The fourth-order valence-electron chi connectivity index (χ4n) is 1.83. The van der Waals surface area contributed by atoms with Crippen molar-refractivity contribution in [3.63, 3.8) is 0 Å². The molecular formula is C15H20N4OS. The molecule has 6 heteroatoms. The van der Waals surface area contributed by atoms with Gasteiger partial charge in [-0.1, -0.05) is 37.2 Å². The summed E-state index contributed by atoms with van der Waals surface area (Å²) in [7, 11) is 0. The second kappa shape index (κ2) is 7.83. The molecule has 1 aromatic carbocycles. The average Bonchev–Trinajstić information content (AvgIpc) is 2.49. The predicted octanol–water partition coefficient (Wildman–Crippen LogP) is 2.84. The molecular weight excluding hydrogens is 284 g/mol. The molecule has 1 aliphatic heterocycles. The van der Waals surface area contributed by atoms with Gasteiger partial charge in [-0.15, -0.1) is 0 Å². The van der Waals surface area contributed by atoms with E-state index in [0.717, 1.165) is 47.3 Å². The maximum absolute atomic E-state index is 11.0. The Kier molecular flexibility index (Phi) is 5.80. The molecule has 0 saturated carbocycles. The first kappa shape index (κ1) is 15.6. The number of nitrogens with zero attached hydrogens (tertiary/aromatic N) is 2. The topological polar surface area (TPSA) is 65.8 Å². The lowest BCUT2D eigenvalue weighted by atomic mass is 10.1. The van der Waals surface area contributed by atoms with Crippen LogP contribution in [0.5, 0.6) is 0 Å². The highest BCUT2D eigenvalue weighted by molar-refractivity contribution is 8.14. The molecule has 0 unspecified atom stereocenters. The number of aliphatic imine (C=N–C) groups is 1. The number of thioether (sulfide) groups is 1. The molecule has 0 saturated heterocycles. The number of hydrogen-bond donors (Lipinski definition) is 2. The number of anilines is 1. The van der Waals surface area contributed by atoms with Crippen LogP contribution in [0.1, 0.15) is 32.3 Å². The molecule has 0 atom stereocenters. The minimum absolute atomic E-state index is 0.0667. The van der Waals surface area contributed by atoms with Crippen molar-refractivity contribution in [1.29, 1.82) is 0 Å². The minimum Gasteiger partial charge on any atom is -0.326 e. The Bertz CT molecular complexity index is 551. The third-order valence-electron chi connectivity index (χ3n) is 2.94. The van der Waals surface area contributed by atoms with Gasteiger partial charge in [0.25, 0.3) is 0 Å². The van der Waals surface area contributed by atoms with Gasteiger partial charge in [-0.2, -0.15) is 5.10 Å². The lowest BCUT2D eigenvalue weighted by molar-refractivity contribution is -0.114. The molecule has 0 fully saturated rings. The van der Waals surface area contributed by atoms with E-state index < -0.39 is 0 Å². The van der Waals surface area contributed by atoms with Gasteiger partial charge in [0.2, 0.25) is 5.91 Å². The van der Waals surface area contributed by atoms with Gasteiger partial charge in [-0.3, -0.25) is 15.2 Å². The van der Waals surface area contributed by atoms with Crippen LogP contribution in [0.15, 0.2) is 34.4 Å². The molecule has 0 spiro atoms. The fraction of sp³-hybridized carbons (Fsp3) is 0.400. The summed E-state index contributed by atoms with van der Waals surface area (Å²) in [6.45, 7) is 4.50. The SMILES string of the molecule is CCCCN=C1NN=C(c2ccc(NC(C)=O)cc2)CS1. The Hall–Kier alpha value is -1.82. The molecule has 5 nitrogen and oxygen atoms in total. The van der Waals surface area contributed by atoms with Crippen molar-refractivity contribution in [2.75, 3.05) is 17.6 Å². The van der Waals surface area contributed by atoms with E-state index in [4.69, 9.17) is 0 Å². The fourth-order valence-corrected chi connectivity index (χ4v) is 2.63. The maximum Gasteiger partial charge on any atom is 0.221 e. The van der Waals surface area contributed by atoms with E-state index in [-0.39, 0.29) is 5.91 Å². The smallest absolute Gasteiger partial charge is 0.221 e. The zero-order valence-corrected chi connectivity index (χ0v) is 13.2. The summed E-state index contributed by atoms with van der Waals surface area (Å²) < 4.78 is 0. The van der Waals surface area contributed by atoms with Crippen LogP contribution >= 0.6 is 11.8 Å². The lowest BCUT2D eigenvalue weighted by Crippen LogP contribution is -2.25. The quantitative estimate of drug-likeness (QED) is 0.822. The Balaban J connectivity index is 1.97. The molecule has 0 radical (unpaired) electrons. The number of carbonyl (C=O) groups excluding carboxylic acids is 1. The van der Waals surface area contributed by atoms with Gasteiger partial charge in [0, 0.05) is 24.9 Å². The summed E-state index contributed by atoms with van der Waals surface area (Å²) >= 11 is 1.67. The van der Waals surface area contributed by atoms with Crippen LogP contribution in [0.3, 0.4) is 0 Å². The van der Waals surface area contributed by atoms with Gasteiger partial charge in [0.1, 0.15) is 0 Å². The molecule has 1 aliphatic rings. The van der Waals surface area contributed by atoms with E-state index in [1.807, 2.05) is 24.3 Å². The van der Waals surface area contributed by atoms with Crippen molar-refractivity contribution in [3.8, 4) is 0 Å². The first-order valence-electron chi connectivity index (χ1n) is 7.07. The standard InChI is InChI=1S/C15H20N4OS/c1-3-4-9-16-15-19-18-14(10-21-15)12-5-7-13(8-6-12)17-11(2)20/h5-8H,3-4,9-10H2,1-2H3,(H,16,19)(H,17,20). The summed E-state index contributed by atoms with van der Waals surface area (Å²) in [5, 5.41) is 8.02. The predicted molar refractivity (Wildman–Crippen MR) is 90.1 cm³/mol. The van der Waals surface area contributed by atoms with Crippen molar-refractivity contribution in [2.45, 2.75) is 26.7 Å². The van der Waals surface area contributed by atoms with Gasteiger partial charge >= 0.3 is 0 Å². The summed E-state index contributed by atoms with van der Waals surface area (Å²) in [4.78, 5) is 15.4. The van der Waals surface area contributed by atoms with Crippen molar-refractivity contribution in [2.24, 2.45) is 10.1 Å². The zero-order valence-electron chi connectivity index (χ0n) is 12.3. The Morgan fingerprint density at radius 2 is 2.19 bits per heavy atom. The number of rotatable bonds is 5. The normalized spacial score (nSPS) is 16.3. The number of hydrogen-bond acceptors (Lipinski definition) is 4. The lowest BCUT2D eigenvalue weighted by Gasteiger charge is -2.15. The number of amidine groups is 1. The Morgan fingerprint density at radius 1 is 1.43 bits per heavy atom. The molecule has 0 bridgehead atoms. The first-order chi connectivity index (χ1) is 10.2. The Morgan fingerprint density at radius 3 is 2.76 bits per heavy atom. The second-order valence-corrected chi connectivity index (χ2v) is 5.72. The summed E-state index contributed by atoms with van der Waals surface area (Å²) in [5.41, 5.74) is 5.84. The zero-order chi connectivity index (χ0) is 15.1. The molecule has 112 valence electrons. The van der Waals surface area contributed by atoms with Crippen LogP contribution in [0.4, 0.5) is 5.69 Å². The van der Waals surface area contributed by atoms with Gasteiger partial charge in [0.15, 0.2) is 5.17 Å². The number of unbranched alkanes of at least 4 members (excludes halogenated alkanes) is 1. The number of nitrogens with one attached hydrogen (secondary N) is 2. The molecule has 2 N–H and O–H groups in total. The van der Waals surface area contributed by atoms with Gasteiger partial charge in [-0.25, -0.2) is 0 Å². The van der Waals surface area contributed by atoms with Crippen LogP contribution in [0.25, 0.3) is 0 Å². The van der Waals surface area contributed by atoms with Crippen molar-refractivity contribution in [1.82, 2.24) is 5.43 Å². The monoisotopic (exact) mass is 304 g/mol. The highest BCUT2D eigenvalue weighted by atomic mass is 32.2.